The fraction of sp³-hybridized carbons (Fsp3) is 0.238. The van der Waals surface area contributed by atoms with E-state index in [-0.39, 0.29) is 5.69 Å². The Bertz CT molecular complexity index is 1250. The average molecular weight is 458 g/mol. The minimum atomic E-state index is -0.470. The maximum atomic E-state index is 12.5. The monoisotopic (exact) mass is 457 g/mol. The SMILES string of the molecule is CSCCn1c(=NC(=O)C=Cc2cccc([N+](=O)[O-])c2)sc2cc3c(cc21)OCCO3. The summed E-state index contributed by atoms with van der Waals surface area (Å²) in [6.45, 7) is 1.71. The predicted octanol–water partition coefficient (Wildman–Crippen LogP) is 3.89. The van der Waals surface area contributed by atoms with Crippen molar-refractivity contribution in [2.24, 2.45) is 4.99 Å². The van der Waals surface area contributed by atoms with Gasteiger partial charge in [-0.15, -0.1) is 0 Å². The first-order chi connectivity index (χ1) is 15.0. The van der Waals surface area contributed by atoms with Gasteiger partial charge in [-0.1, -0.05) is 23.5 Å². The summed E-state index contributed by atoms with van der Waals surface area (Å²) < 4.78 is 14.3. The van der Waals surface area contributed by atoms with E-state index in [2.05, 4.69) is 4.99 Å². The van der Waals surface area contributed by atoms with Gasteiger partial charge in [-0.05, 0) is 17.9 Å². The molecule has 1 aliphatic heterocycles. The number of aryl methyl sites for hydroxylation is 1. The molecule has 0 unspecified atom stereocenters. The normalized spacial score (nSPS) is 13.8. The van der Waals surface area contributed by atoms with Crippen molar-refractivity contribution in [2.45, 2.75) is 6.54 Å². The highest BCUT2D eigenvalue weighted by Crippen LogP contribution is 2.35. The Morgan fingerprint density at radius 1 is 1.29 bits per heavy atom. The molecule has 31 heavy (non-hydrogen) atoms. The Labute approximate surface area is 186 Å². The van der Waals surface area contributed by atoms with Crippen LogP contribution in [0.4, 0.5) is 5.69 Å². The van der Waals surface area contributed by atoms with Gasteiger partial charge >= 0.3 is 0 Å². The van der Waals surface area contributed by atoms with Crippen LogP contribution in [0.5, 0.6) is 11.5 Å². The molecule has 0 aliphatic carbocycles. The molecule has 0 N–H and O–H groups in total. The van der Waals surface area contributed by atoms with Crippen molar-refractivity contribution in [3.63, 3.8) is 0 Å². The molecule has 0 atom stereocenters. The van der Waals surface area contributed by atoms with Crippen molar-refractivity contribution in [3.05, 3.63) is 63.0 Å². The molecule has 1 aromatic heterocycles. The fourth-order valence-electron chi connectivity index (χ4n) is 3.13. The molecule has 0 fully saturated rings. The Hall–Kier alpha value is -3.11. The lowest BCUT2D eigenvalue weighted by Gasteiger charge is -2.18. The van der Waals surface area contributed by atoms with E-state index in [9.17, 15) is 14.9 Å². The molecule has 10 heteroatoms. The number of nitrogens with zero attached hydrogens (tertiary/aromatic N) is 3. The lowest BCUT2D eigenvalue weighted by molar-refractivity contribution is -0.384. The zero-order chi connectivity index (χ0) is 21.8. The molecule has 4 rings (SSSR count). The van der Waals surface area contributed by atoms with Crippen molar-refractivity contribution < 1.29 is 19.2 Å². The molecule has 1 aliphatic rings. The summed E-state index contributed by atoms with van der Waals surface area (Å²) in [6, 6.07) is 9.94. The van der Waals surface area contributed by atoms with Gasteiger partial charge in [0.15, 0.2) is 16.3 Å². The second-order valence-corrected chi connectivity index (χ2v) is 8.62. The number of non-ortho nitro benzene ring substituents is 1. The molecule has 0 radical (unpaired) electrons. The molecule has 3 aromatic rings. The Balaban J connectivity index is 1.69. The third kappa shape index (κ3) is 4.80. The molecule has 160 valence electrons. The van der Waals surface area contributed by atoms with E-state index in [1.807, 2.05) is 23.0 Å². The highest BCUT2D eigenvalue weighted by molar-refractivity contribution is 7.98. The van der Waals surface area contributed by atoms with Gasteiger partial charge in [0, 0.05) is 42.6 Å². The second kappa shape index (κ2) is 9.36. The molecule has 0 spiro atoms. The lowest BCUT2D eigenvalue weighted by atomic mass is 10.2. The third-order valence-corrected chi connectivity index (χ3v) is 6.20. The molecule has 1 amide bonds. The van der Waals surface area contributed by atoms with Gasteiger partial charge in [0.2, 0.25) is 0 Å². The van der Waals surface area contributed by atoms with Crippen molar-refractivity contribution in [1.29, 1.82) is 0 Å². The number of hydrogen-bond acceptors (Lipinski definition) is 7. The van der Waals surface area contributed by atoms with Crippen LogP contribution >= 0.6 is 23.1 Å². The highest BCUT2D eigenvalue weighted by atomic mass is 32.2. The summed E-state index contributed by atoms with van der Waals surface area (Å²) in [5.74, 6) is 1.82. The Morgan fingerprint density at radius 2 is 2.06 bits per heavy atom. The number of carbonyl (C=O) groups is 1. The van der Waals surface area contributed by atoms with Crippen molar-refractivity contribution in [2.75, 3.05) is 25.2 Å². The van der Waals surface area contributed by atoms with E-state index >= 15 is 0 Å². The van der Waals surface area contributed by atoms with Gasteiger partial charge in [-0.25, -0.2) is 0 Å². The highest BCUT2D eigenvalue weighted by Gasteiger charge is 2.16. The number of nitro benzene ring substituents is 1. The molecule has 0 bridgehead atoms. The fourth-order valence-corrected chi connectivity index (χ4v) is 4.57. The minimum absolute atomic E-state index is 0.0284. The van der Waals surface area contributed by atoms with Gasteiger partial charge in [0.25, 0.3) is 11.6 Å². The number of thioether (sulfide) groups is 1. The van der Waals surface area contributed by atoms with Crippen LogP contribution in [0.15, 0.2) is 47.5 Å². The number of hydrogen-bond donors (Lipinski definition) is 0. The smallest absolute Gasteiger partial charge is 0.272 e. The quantitative estimate of drug-likeness (QED) is 0.317. The Kier molecular flexibility index (Phi) is 6.38. The number of rotatable bonds is 6. The van der Waals surface area contributed by atoms with Crippen LogP contribution in [0.2, 0.25) is 0 Å². The van der Waals surface area contributed by atoms with E-state index in [0.29, 0.717) is 41.6 Å². The van der Waals surface area contributed by atoms with Crippen LogP contribution in [0.25, 0.3) is 16.3 Å². The van der Waals surface area contributed by atoms with Crippen molar-refractivity contribution in [1.82, 2.24) is 4.57 Å². The summed E-state index contributed by atoms with van der Waals surface area (Å²) in [4.78, 5) is 27.8. The zero-order valence-electron chi connectivity index (χ0n) is 16.6. The number of fused-ring (bicyclic) bond motifs is 2. The number of amides is 1. The van der Waals surface area contributed by atoms with E-state index in [0.717, 1.165) is 16.0 Å². The Morgan fingerprint density at radius 3 is 2.81 bits per heavy atom. The number of benzene rings is 2. The number of thiazole rings is 1. The van der Waals surface area contributed by atoms with E-state index in [1.54, 1.807) is 23.9 Å². The molecular weight excluding hydrogens is 438 g/mol. The topological polar surface area (TPSA) is 96.0 Å². The summed E-state index contributed by atoms with van der Waals surface area (Å²) in [5.41, 5.74) is 1.48. The maximum Gasteiger partial charge on any atom is 0.272 e. The number of carbonyl (C=O) groups excluding carboxylic acids is 1. The molecule has 0 saturated heterocycles. The summed E-state index contributed by atoms with van der Waals surface area (Å²) in [5, 5.41) is 10.9. The summed E-state index contributed by atoms with van der Waals surface area (Å²) in [7, 11) is 0. The second-order valence-electron chi connectivity index (χ2n) is 6.63. The van der Waals surface area contributed by atoms with Gasteiger partial charge in [-0.3, -0.25) is 14.9 Å². The average Bonchev–Trinajstić information content (AvgIpc) is 3.10. The first-order valence-corrected chi connectivity index (χ1v) is 11.7. The van der Waals surface area contributed by atoms with Gasteiger partial charge in [-0.2, -0.15) is 16.8 Å². The van der Waals surface area contributed by atoms with Crippen LogP contribution in [0.3, 0.4) is 0 Å². The summed E-state index contributed by atoms with van der Waals surface area (Å²) >= 11 is 3.12. The number of ether oxygens (including phenoxy) is 2. The molecule has 2 heterocycles. The first kappa shape index (κ1) is 21.1. The maximum absolute atomic E-state index is 12.5. The number of nitro groups is 1. The standard InChI is InChI=1S/C21H19N3O5S2/c1-30-10-7-23-16-12-17-18(29-9-8-28-17)13-19(16)31-21(23)22-20(25)6-5-14-3-2-4-15(11-14)24(26)27/h2-6,11-13H,7-10H2,1H3. The minimum Gasteiger partial charge on any atom is -0.486 e. The largest absolute Gasteiger partial charge is 0.486 e. The third-order valence-electron chi connectivity index (χ3n) is 4.57. The molecule has 2 aromatic carbocycles. The molecule has 8 nitrogen and oxygen atoms in total. The van der Waals surface area contributed by atoms with Crippen LogP contribution in [0, 0.1) is 10.1 Å². The molecule has 0 saturated carbocycles. The number of aromatic nitrogens is 1. The van der Waals surface area contributed by atoms with Crippen LogP contribution < -0.4 is 14.3 Å². The summed E-state index contributed by atoms with van der Waals surface area (Å²) in [6.07, 6.45) is 4.87. The van der Waals surface area contributed by atoms with Gasteiger partial charge in [0.1, 0.15) is 13.2 Å². The van der Waals surface area contributed by atoms with Crippen molar-refractivity contribution >= 4 is 51.0 Å². The van der Waals surface area contributed by atoms with Gasteiger partial charge in [0.05, 0.1) is 15.1 Å². The zero-order valence-corrected chi connectivity index (χ0v) is 18.3. The van der Waals surface area contributed by atoms with E-state index < -0.39 is 10.8 Å². The predicted molar refractivity (Wildman–Crippen MR) is 122 cm³/mol. The van der Waals surface area contributed by atoms with Crippen LogP contribution in [-0.2, 0) is 11.3 Å². The van der Waals surface area contributed by atoms with Crippen LogP contribution in [-0.4, -0.2) is 40.6 Å². The van der Waals surface area contributed by atoms with E-state index in [1.165, 1.54) is 35.6 Å². The molecular formula is C21H19N3O5S2. The van der Waals surface area contributed by atoms with E-state index in [4.69, 9.17) is 9.47 Å². The first-order valence-electron chi connectivity index (χ1n) is 9.48. The van der Waals surface area contributed by atoms with Gasteiger partial charge < -0.3 is 14.0 Å². The lowest BCUT2D eigenvalue weighted by Crippen LogP contribution is -2.18. The van der Waals surface area contributed by atoms with Crippen molar-refractivity contribution in [3.8, 4) is 11.5 Å². The van der Waals surface area contributed by atoms with Crippen LogP contribution in [0.1, 0.15) is 5.56 Å².